The maximum Gasteiger partial charge on any atom is 0.257 e. The van der Waals surface area contributed by atoms with Crippen LogP contribution < -0.4 is 10.1 Å². The van der Waals surface area contributed by atoms with Crippen molar-refractivity contribution in [3.63, 3.8) is 0 Å². The zero-order chi connectivity index (χ0) is 28.3. The lowest BCUT2D eigenvalue weighted by Crippen LogP contribution is -2.60. The fourth-order valence-corrected chi connectivity index (χ4v) is 5.64. The summed E-state index contributed by atoms with van der Waals surface area (Å²) in [5.41, 5.74) is 1.97. The average molecular weight is 542 g/mol. The Balaban J connectivity index is 1.40. The Hall–Kier alpha value is -4.17. The van der Waals surface area contributed by atoms with Crippen LogP contribution in [0, 0.1) is 6.92 Å². The summed E-state index contributed by atoms with van der Waals surface area (Å²) in [6.07, 6.45) is 0.802. The van der Waals surface area contributed by atoms with Crippen LogP contribution in [0.2, 0.25) is 0 Å². The Morgan fingerprint density at radius 3 is 2.35 bits per heavy atom. The fourth-order valence-electron chi connectivity index (χ4n) is 5.64. The van der Waals surface area contributed by atoms with Crippen LogP contribution in [0.3, 0.4) is 0 Å². The number of piperidine rings is 1. The van der Waals surface area contributed by atoms with E-state index in [1.807, 2.05) is 68.4 Å². The van der Waals surface area contributed by atoms with Crippen LogP contribution in [0.5, 0.6) is 5.75 Å². The Kier molecular flexibility index (Phi) is 7.89. The number of nitrogens with one attached hydrogen (secondary N) is 1. The molecule has 2 fully saturated rings. The summed E-state index contributed by atoms with van der Waals surface area (Å²) in [7, 11) is 1.55. The van der Waals surface area contributed by atoms with E-state index in [-0.39, 0.29) is 30.4 Å². The molecular weight excluding hydrogens is 506 g/mol. The smallest absolute Gasteiger partial charge is 0.257 e. The van der Waals surface area contributed by atoms with Crippen LogP contribution in [0.1, 0.15) is 57.7 Å². The lowest BCUT2D eigenvalue weighted by atomic mass is 9.95. The van der Waals surface area contributed by atoms with Gasteiger partial charge in [-0.1, -0.05) is 54.6 Å². The summed E-state index contributed by atoms with van der Waals surface area (Å²) in [6.45, 7) is 4.73. The maximum absolute atomic E-state index is 14.1. The van der Waals surface area contributed by atoms with Crippen molar-refractivity contribution in [2.45, 2.75) is 44.5 Å². The summed E-state index contributed by atoms with van der Waals surface area (Å²) < 4.78 is 11.7. The molecule has 3 aromatic carbocycles. The molecule has 0 saturated carbocycles. The summed E-state index contributed by atoms with van der Waals surface area (Å²) >= 11 is 0. The number of amides is 3. The van der Waals surface area contributed by atoms with Crippen LogP contribution in [-0.2, 0) is 9.53 Å². The normalized spacial score (nSPS) is 18.8. The van der Waals surface area contributed by atoms with E-state index in [4.69, 9.17) is 9.47 Å². The van der Waals surface area contributed by atoms with Gasteiger partial charge in [-0.05, 0) is 49.2 Å². The highest BCUT2D eigenvalue weighted by atomic mass is 16.5. The number of nitrogens with zero attached hydrogens (tertiary/aromatic N) is 2. The lowest BCUT2D eigenvalue weighted by molar-refractivity contribution is -0.128. The highest BCUT2D eigenvalue weighted by Gasteiger charge is 2.54. The van der Waals surface area contributed by atoms with Crippen molar-refractivity contribution in [3.8, 4) is 5.75 Å². The molecule has 8 heteroatoms. The van der Waals surface area contributed by atoms with E-state index in [1.165, 1.54) is 0 Å². The third-order valence-corrected chi connectivity index (χ3v) is 7.96. The second-order valence-corrected chi connectivity index (χ2v) is 10.4. The van der Waals surface area contributed by atoms with Gasteiger partial charge in [-0.3, -0.25) is 19.3 Å². The van der Waals surface area contributed by atoms with Crippen LogP contribution in [0.25, 0.3) is 0 Å². The topological polar surface area (TPSA) is 88.2 Å². The Morgan fingerprint density at radius 2 is 1.65 bits per heavy atom. The van der Waals surface area contributed by atoms with Gasteiger partial charge in [0, 0.05) is 37.1 Å². The molecule has 0 bridgehead atoms. The summed E-state index contributed by atoms with van der Waals surface area (Å²) in [4.78, 5) is 44.4. The quantitative estimate of drug-likeness (QED) is 0.501. The van der Waals surface area contributed by atoms with E-state index in [1.54, 1.807) is 41.2 Å². The number of rotatable bonds is 6. The van der Waals surface area contributed by atoms with Crippen molar-refractivity contribution in [2.75, 3.05) is 26.8 Å². The first-order valence-electron chi connectivity index (χ1n) is 13.6. The number of hydrogen-bond acceptors (Lipinski definition) is 5. The second-order valence-electron chi connectivity index (χ2n) is 10.4. The Bertz CT molecular complexity index is 1380. The molecule has 2 atom stereocenters. The van der Waals surface area contributed by atoms with Gasteiger partial charge in [0.2, 0.25) is 5.91 Å². The number of ether oxygens (including phenoxy) is 2. The zero-order valence-corrected chi connectivity index (χ0v) is 23.1. The highest BCUT2D eigenvalue weighted by molar-refractivity contribution is 5.99. The monoisotopic (exact) mass is 541 g/mol. The van der Waals surface area contributed by atoms with Crippen molar-refractivity contribution in [2.24, 2.45) is 0 Å². The van der Waals surface area contributed by atoms with E-state index >= 15 is 0 Å². The number of benzene rings is 3. The lowest BCUT2D eigenvalue weighted by Gasteiger charge is -2.44. The van der Waals surface area contributed by atoms with Gasteiger partial charge < -0.3 is 19.7 Å². The number of methoxy groups -OCH3 is 1. The van der Waals surface area contributed by atoms with E-state index in [2.05, 4.69) is 5.32 Å². The van der Waals surface area contributed by atoms with Gasteiger partial charge in [-0.25, -0.2) is 0 Å². The maximum atomic E-state index is 14.1. The summed E-state index contributed by atoms with van der Waals surface area (Å²) in [6, 6.07) is 23.1. The predicted molar refractivity (Wildman–Crippen MR) is 151 cm³/mol. The second kappa shape index (κ2) is 11.5. The minimum Gasteiger partial charge on any atom is -0.497 e. The molecular formula is C32H35N3O5. The molecule has 1 spiro atoms. The van der Waals surface area contributed by atoms with Crippen molar-refractivity contribution in [3.05, 3.63) is 101 Å². The average Bonchev–Trinajstić information content (AvgIpc) is 3.35. The zero-order valence-electron chi connectivity index (χ0n) is 23.1. The van der Waals surface area contributed by atoms with E-state index in [0.29, 0.717) is 42.8 Å². The van der Waals surface area contributed by atoms with Gasteiger partial charge in [0.25, 0.3) is 11.8 Å². The molecule has 0 aliphatic carbocycles. The van der Waals surface area contributed by atoms with E-state index in [0.717, 1.165) is 11.1 Å². The van der Waals surface area contributed by atoms with Crippen molar-refractivity contribution < 1.29 is 23.9 Å². The molecule has 0 aromatic heterocycles. The number of likely N-dealkylation sites (tertiary alicyclic amines) is 1. The number of carbonyl (C=O) groups excluding carboxylic acids is 3. The predicted octanol–water partition coefficient (Wildman–Crippen LogP) is 4.35. The number of carbonyl (C=O) groups is 3. The molecule has 2 heterocycles. The number of aryl methyl sites for hydroxylation is 1. The standard InChI is InChI=1S/C32H35N3O5/c1-22-10-7-8-15-27(22)31(38)34-18-16-32(17-19-34)35(30(37)25-13-9-14-26(20-25)39-3)28(21-40-32)29(36)33-23(2)24-11-5-4-6-12-24/h4-15,20,23,28H,16-19,21H2,1-3H3,(H,33,36)/t23-,28+/m1/s1. The third-order valence-electron chi connectivity index (χ3n) is 7.96. The Labute approximate surface area is 234 Å². The molecule has 0 radical (unpaired) electrons. The fraction of sp³-hybridized carbons (Fsp3) is 0.344. The summed E-state index contributed by atoms with van der Waals surface area (Å²) in [5, 5.41) is 3.07. The van der Waals surface area contributed by atoms with Gasteiger partial charge >= 0.3 is 0 Å². The van der Waals surface area contributed by atoms with Crippen molar-refractivity contribution in [1.29, 1.82) is 0 Å². The van der Waals surface area contributed by atoms with Crippen molar-refractivity contribution >= 4 is 17.7 Å². The molecule has 0 unspecified atom stereocenters. The number of hydrogen-bond donors (Lipinski definition) is 1. The minimum atomic E-state index is -0.999. The molecule has 1 N–H and O–H groups in total. The van der Waals surface area contributed by atoms with E-state index in [9.17, 15) is 14.4 Å². The van der Waals surface area contributed by atoms with Crippen LogP contribution in [0.15, 0.2) is 78.9 Å². The SMILES string of the molecule is COc1cccc(C(=O)N2[C@H](C(=O)N[C@H](C)c3ccccc3)COC23CCN(C(=O)c2ccccc2C)CC3)c1. The molecule has 2 saturated heterocycles. The van der Waals surface area contributed by atoms with Gasteiger partial charge in [0.05, 0.1) is 19.8 Å². The molecule has 3 amide bonds. The van der Waals surface area contributed by atoms with Gasteiger partial charge in [0.15, 0.2) is 0 Å². The van der Waals surface area contributed by atoms with Crippen LogP contribution in [-0.4, -0.2) is 66.1 Å². The first-order chi connectivity index (χ1) is 19.3. The molecule has 3 aromatic rings. The van der Waals surface area contributed by atoms with Crippen LogP contribution >= 0.6 is 0 Å². The van der Waals surface area contributed by atoms with Gasteiger partial charge in [-0.15, -0.1) is 0 Å². The van der Waals surface area contributed by atoms with E-state index < -0.39 is 11.8 Å². The summed E-state index contributed by atoms with van der Waals surface area (Å²) in [5.74, 6) is -0.0644. The molecule has 208 valence electrons. The first-order valence-corrected chi connectivity index (χ1v) is 13.6. The largest absolute Gasteiger partial charge is 0.497 e. The molecule has 5 rings (SSSR count). The van der Waals surface area contributed by atoms with Gasteiger partial charge in [-0.2, -0.15) is 0 Å². The highest BCUT2D eigenvalue weighted by Crippen LogP contribution is 2.39. The minimum absolute atomic E-state index is 0.0393. The van der Waals surface area contributed by atoms with Crippen molar-refractivity contribution in [1.82, 2.24) is 15.1 Å². The molecule has 40 heavy (non-hydrogen) atoms. The molecule has 8 nitrogen and oxygen atoms in total. The Morgan fingerprint density at radius 1 is 0.950 bits per heavy atom. The first kappa shape index (κ1) is 27.4. The molecule has 2 aliphatic rings. The van der Waals surface area contributed by atoms with Crippen LogP contribution in [0.4, 0.5) is 0 Å². The van der Waals surface area contributed by atoms with Gasteiger partial charge in [0.1, 0.15) is 17.5 Å². The third kappa shape index (κ3) is 5.31. The molecule has 2 aliphatic heterocycles.